The summed E-state index contributed by atoms with van der Waals surface area (Å²) in [6.45, 7) is 0.547. The lowest BCUT2D eigenvalue weighted by atomic mass is 10.1. The number of anilines is 1. The van der Waals surface area contributed by atoms with Crippen molar-refractivity contribution in [3.63, 3.8) is 0 Å². The molecule has 2 aromatic rings. The van der Waals surface area contributed by atoms with Gasteiger partial charge in [0.15, 0.2) is 0 Å². The zero-order chi connectivity index (χ0) is 14.5. The second-order valence-electron chi connectivity index (χ2n) is 4.42. The largest absolute Gasteiger partial charge is 0.386 e. The van der Waals surface area contributed by atoms with E-state index in [4.69, 9.17) is 0 Å². The molecule has 1 N–H and O–H groups in total. The smallest absolute Gasteiger partial charge is 0.256 e. The molecule has 0 aliphatic carbocycles. The monoisotopic (exact) mass is 333 g/mol. The number of amides is 1. The molecule has 20 heavy (non-hydrogen) atoms. The second kappa shape index (κ2) is 6.52. The van der Waals surface area contributed by atoms with Crippen LogP contribution in [0, 0.1) is 0 Å². The fourth-order valence-electron chi connectivity index (χ4n) is 1.94. The molecule has 1 aromatic heterocycles. The molecule has 0 spiro atoms. The minimum absolute atomic E-state index is 0.0347. The molecule has 1 amide bonds. The first-order chi connectivity index (χ1) is 9.63. The van der Waals surface area contributed by atoms with E-state index in [9.17, 15) is 4.79 Å². The van der Waals surface area contributed by atoms with Gasteiger partial charge in [0.2, 0.25) is 0 Å². The van der Waals surface area contributed by atoms with Crippen molar-refractivity contribution >= 4 is 27.5 Å². The maximum atomic E-state index is 12.5. The summed E-state index contributed by atoms with van der Waals surface area (Å²) >= 11 is 3.50. The zero-order valence-corrected chi connectivity index (χ0v) is 13.0. The predicted molar refractivity (Wildman–Crippen MR) is 83.7 cm³/mol. The van der Waals surface area contributed by atoms with Crippen molar-refractivity contribution in [2.24, 2.45) is 0 Å². The van der Waals surface area contributed by atoms with Crippen molar-refractivity contribution in [3.8, 4) is 0 Å². The van der Waals surface area contributed by atoms with Gasteiger partial charge >= 0.3 is 0 Å². The number of carbonyl (C=O) groups is 1. The first kappa shape index (κ1) is 14.5. The van der Waals surface area contributed by atoms with Crippen LogP contribution in [0.2, 0.25) is 0 Å². The van der Waals surface area contributed by atoms with Crippen LogP contribution in [0.3, 0.4) is 0 Å². The van der Waals surface area contributed by atoms with E-state index >= 15 is 0 Å². The summed E-state index contributed by atoms with van der Waals surface area (Å²) in [6.07, 6.45) is 3.28. The van der Waals surface area contributed by atoms with Crippen molar-refractivity contribution in [1.82, 2.24) is 9.88 Å². The number of nitrogens with one attached hydrogen (secondary N) is 1. The SMILES string of the molecule is CNc1cnccc1C(=O)N(C)Cc1ccccc1Br. The van der Waals surface area contributed by atoms with Crippen molar-refractivity contribution < 1.29 is 4.79 Å². The predicted octanol–water partition coefficient (Wildman–Crippen LogP) is 3.16. The van der Waals surface area contributed by atoms with Crippen LogP contribution in [0.25, 0.3) is 0 Å². The zero-order valence-electron chi connectivity index (χ0n) is 11.4. The standard InChI is InChI=1S/C15H16BrN3O/c1-17-14-9-18-8-7-12(14)15(20)19(2)10-11-5-3-4-6-13(11)16/h3-9,17H,10H2,1-2H3. The van der Waals surface area contributed by atoms with Crippen LogP contribution in [-0.2, 0) is 6.54 Å². The normalized spacial score (nSPS) is 10.2. The van der Waals surface area contributed by atoms with Crippen molar-refractivity contribution in [2.45, 2.75) is 6.54 Å². The first-order valence-electron chi connectivity index (χ1n) is 6.24. The maximum absolute atomic E-state index is 12.5. The number of aromatic nitrogens is 1. The highest BCUT2D eigenvalue weighted by Gasteiger charge is 2.16. The van der Waals surface area contributed by atoms with Gasteiger partial charge in [-0.15, -0.1) is 0 Å². The Balaban J connectivity index is 2.19. The van der Waals surface area contributed by atoms with Crippen molar-refractivity contribution in [3.05, 3.63) is 58.3 Å². The lowest BCUT2D eigenvalue weighted by molar-refractivity contribution is 0.0785. The molecule has 0 saturated heterocycles. The lowest BCUT2D eigenvalue weighted by Gasteiger charge is -2.19. The lowest BCUT2D eigenvalue weighted by Crippen LogP contribution is -2.27. The molecule has 5 heteroatoms. The van der Waals surface area contributed by atoms with E-state index in [2.05, 4.69) is 26.2 Å². The topological polar surface area (TPSA) is 45.2 Å². The Bertz CT molecular complexity index is 616. The molecule has 4 nitrogen and oxygen atoms in total. The van der Waals surface area contributed by atoms with Gasteiger partial charge in [-0.3, -0.25) is 9.78 Å². The minimum atomic E-state index is -0.0347. The average molecular weight is 334 g/mol. The number of carbonyl (C=O) groups excluding carboxylic acids is 1. The number of pyridine rings is 1. The van der Waals surface area contributed by atoms with Crippen LogP contribution < -0.4 is 5.32 Å². The molecule has 0 aliphatic heterocycles. The fourth-order valence-corrected chi connectivity index (χ4v) is 2.35. The first-order valence-corrected chi connectivity index (χ1v) is 7.03. The minimum Gasteiger partial charge on any atom is -0.386 e. The highest BCUT2D eigenvalue weighted by atomic mass is 79.9. The van der Waals surface area contributed by atoms with E-state index < -0.39 is 0 Å². The Morgan fingerprint density at radius 3 is 2.80 bits per heavy atom. The van der Waals surface area contributed by atoms with Gasteiger partial charge in [-0.05, 0) is 17.7 Å². The van der Waals surface area contributed by atoms with Crippen LogP contribution in [0.5, 0.6) is 0 Å². The molecule has 0 atom stereocenters. The molecule has 0 saturated carbocycles. The van der Waals surface area contributed by atoms with E-state index in [-0.39, 0.29) is 5.91 Å². The summed E-state index contributed by atoms with van der Waals surface area (Å²) in [5.41, 5.74) is 2.43. The van der Waals surface area contributed by atoms with Crippen LogP contribution in [0.4, 0.5) is 5.69 Å². The number of nitrogens with zero attached hydrogens (tertiary/aromatic N) is 2. The van der Waals surface area contributed by atoms with Gasteiger partial charge < -0.3 is 10.2 Å². The summed E-state index contributed by atoms with van der Waals surface area (Å²) < 4.78 is 1.00. The number of hydrogen-bond donors (Lipinski definition) is 1. The highest BCUT2D eigenvalue weighted by molar-refractivity contribution is 9.10. The summed E-state index contributed by atoms with van der Waals surface area (Å²) in [4.78, 5) is 18.2. The summed E-state index contributed by atoms with van der Waals surface area (Å²) in [5.74, 6) is -0.0347. The molecule has 2 rings (SSSR count). The molecule has 104 valence electrons. The van der Waals surface area contributed by atoms with Gasteiger partial charge in [0.05, 0.1) is 17.4 Å². The summed E-state index contributed by atoms with van der Waals surface area (Å²) in [5, 5.41) is 2.99. The number of hydrogen-bond acceptors (Lipinski definition) is 3. The Morgan fingerprint density at radius 2 is 2.10 bits per heavy atom. The average Bonchev–Trinajstić information content (AvgIpc) is 2.48. The Kier molecular flexibility index (Phi) is 4.74. The quantitative estimate of drug-likeness (QED) is 0.934. The molecule has 0 aliphatic rings. The molecule has 0 radical (unpaired) electrons. The van der Waals surface area contributed by atoms with E-state index in [0.29, 0.717) is 12.1 Å². The molecular formula is C15H16BrN3O. The number of benzene rings is 1. The van der Waals surface area contributed by atoms with Gasteiger partial charge in [0, 0.05) is 31.3 Å². The van der Waals surface area contributed by atoms with Gasteiger partial charge in [-0.1, -0.05) is 34.1 Å². The van der Waals surface area contributed by atoms with Gasteiger partial charge in [-0.25, -0.2) is 0 Å². The molecule has 1 aromatic carbocycles. The van der Waals surface area contributed by atoms with E-state index in [1.165, 1.54) is 0 Å². The Morgan fingerprint density at radius 1 is 1.35 bits per heavy atom. The van der Waals surface area contributed by atoms with Crippen LogP contribution in [0.1, 0.15) is 15.9 Å². The van der Waals surface area contributed by atoms with Crippen molar-refractivity contribution in [2.75, 3.05) is 19.4 Å². The Hall–Kier alpha value is -1.88. The Labute approximate surface area is 127 Å². The maximum Gasteiger partial charge on any atom is 0.256 e. The van der Waals surface area contributed by atoms with E-state index in [0.717, 1.165) is 15.7 Å². The van der Waals surface area contributed by atoms with Gasteiger partial charge in [-0.2, -0.15) is 0 Å². The van der Waals surface area contributed by atoms with Crippen LogP contribution in [0.15, 0.2) is 47.2 Å². The third-order valence-electron chi connectivity index (χ3n) is 3.03. The summed E-state index contributed by atoms with van der Waals surface area (Å²) in [6, 6.07) is 9.62. The summed E-state index contributed by atoms with van der Waals surface area (Å²) in [7, 11) is 3.57. The number of halogens is 1. The molecule has 0 unspecified atom stereocenters. The fraction of sp³-hybridized carbons (Fsp3) is 0.200. The number of rotatable bonds is 4. The molecule has 1 heterocycles. The van der Waals surface area contributed by atoms with E-state index in [1.807, 2.05) is 24.3 Å². The second-order valence-corrected chi connectivity index (χ2v) is 5.28. The third kappa shape index (κ3) is 3.17. The van der Waals surface area contributed by atoms with Crippen LogP contribution >= 0.6 is 15.9 Å². The van der Waals surface area contributed by atoms with Crippen LogP contribution in [-0.4, -0.2) is 29.9 Å². The highest BCUT2D eigenvalue weighted by Crippen LogP contribution is 2.20. The molecule has 0 bridgehead atoms. The molecule has 0 fully saturated rings. The third-order valence-corrected chi connectivity index (χ3v) is 3.81. The van der Waals surface area contributed by atoms with Crippen molar-refractivity contribution in [1.29, 1.82) is 0 Å². The van der Waals surface area contributed by atoms with Gasteiger partial charge in [0.25, 0.3) is 5.91 Å². The van der Waals surface area contributed by atoms with Gasteiger partial charge in [0.1, 0.15) is 0 Å². The van der Waals surface area contributed by atoms with E-state index in [1.54, 1.807) is 37.5 Å². The molecular weight excluding hydrogens is 318 g/mol.